The molecule has 7 nitrogen and oxygen atoms in total. The Bertz CT molecular complexity index is 428. The number of carbonyl (C=O) groups excluding carboxylic acids is 2. The Morgan fingerprint density at radius 3 is 2.41 bits per heavy atom. The normalized spacial score (nSPS) is 22.1. The summed E-state index contributed by atoms with van der Waals surface area (Å²) in [6.07, 6.45) is 1.11. The number of nitrogens with zero attached hydrogens (tertiary/aromatic N) is 1. The first-order chi connectivity index (χ1) is 10.2. The Kier molecular flexibility index (Phi) is 6.20. The van der Waals surface area contributed by atoms with E-state index in [9.17, 15) is 14.4 Å². The SMILES string of the molecule is COC(=O)[C@@H]1[C@H](CCC(=O)O)CCCN1C(=O)OC(C)(C)C. The van der Waals surface area contributed by atoms with E-state index in [2.05, 4.69) is 0 Å². The van der Waals surface area contributed by atoms with Crippen LogP contribution in [0.1, 0.15) is 46.5 Å². The van der Waals surface area contributed by atoms with Crippen molar-refractivity contribution in [1.29, 1.82) is 0 Å². The third-order valence-electron chi connectivity index (χ3n) is 3.56. The molecule has 0 unspecified atom stereocenters. The van der Waals surface area contributed by atoms with Crippen LogP contribution in [-0.2, 0) is 19.1 Å². The van der Waals surface area contributed by atoms with Crippen LogP contribution in [0.2, 0.25) is 0 Å². The smallest absolute Gasteiger partial charge is 0.411 e. The van der Waals surface area contributed by atoms with Crippen molar-refractivity contribution < 1.29 is 29.0 Å². The summed E-state index contributed by atoms with van der Waals surface area (Å²) < 4.78 is 10.1. The van der Waals surface area contributed by atoms with Crippen molar-refractivity contribution in [2.24, 2.45) is 5.92 Å². The van der Waals surface area contributed by atoms with E-state index in [1.165, 1.54) is 12.0 Å². The van der Waals surface area contributed by atoms with Crippen molar-refractivity contribution in [3.05, 3.63) is 0 Å². The quantitative estimate of drug-likeness (QED) is 0.798. The molecular formula is C15H25NO6. The van der Waals surface area contributed by atoms with Gasteiger partial charge in [-0.05, 0) is 46.0 Å². The minimum atomic E-state index is -0.919. The molecule has 1 rings (SSSR count). The molecule has 1 amide bonds. The number of esters is 1. The van der Waals surface area contributed by atoms with Crippen LogP contribution in [0.25, 0.3) is 0 Å². The predicted molar refractivity (Wildman–Crippen MR) is 78.3 cm³/mol. The lowest BCUT2D eigenvalue weighted by Gasteiger charge is -2.39. The molecule has 7 heteroatoms. The number of carbonyl (C=O) groups is 3. The number of likely N-dealkylation sites (tertiary alicyclic amines) is 1. The predicted octanol–water partition coefficient (Wildman–Crippen LogP) is 2.04. The average molecular weight is 315 g/mol. The number of hydrogen-bond acceptors (Lipinski definition) is 5. The second-order valence-electron chi connectivity index (χ2n) is 6.48. The van der Waals surface area contributed by atoms with Crippen LogP contribution in [0, 0.1) is 5.92 Å². The number of ether oxygens (including phenoxy) is 2. The highest BCUT2D eigenvalue weighted by Gasteiger charge is 2.41. The molecule has 22 heavy (non-hydrogen) atoms. The molecule has 0 spiro atoms. The molecular weight excluding hydrogens is 290 g/mol. The first kappa shape index (κ1) is 18.3. The van der Waals surface area contributed by atoms with E-state index in [0.29, 0.717) is 25.8 Å². The standard InChI is InChI=1S/C15H25NO6/c1-15(2,3)22-14(20)16-9-5-6-10(7-8-11(17)18)12(16)13(19)21-4/h10,12H,5-9H2,1-4H3,(H,17,18)/t10-,12-/m0/s1. The Hall–Kier alpha value is -1.79. The summed E-state index contributed by atoms with van der Waals surface area (Å²) in [4.78, 5) is 36.5. The second-order valence-corrected chi connectivity index (χ2v) is 6.48. The van der Waals surface area contributed by atoms with Gasteiger partial charge in [0, 0.05) is 13.0 Å². The van der Waals surface area contributed by atoms with E-state index in [0.717, 1.165) is 0 Å². The fourth-order valence-electron chi connectivity index (χ4n) is 2.65. The van der Waals surface area contributed by atoms with E-state index >= 15 is 0 Å². The van der Waals surface area contributed by atoms with Gasteiger partial charge in [0.15, 0.2) is 0 Å². The van der Waals surface area contributed by atoms with Gasteiger partial charge in [-0.1, -0.05) is 0 Å². The number of carboxylic acid groups (broad SMARTS) is 1. The van der Waals surface area contributed by atoms with Crippen LogP contribution in [0.5, 0.6) is 0 Å². The molecule has 1 N–H and O–H groups in total. The molecule has 0 aromatic rings. The fourth-order valence-corrected chi connectivity index (χ4v) is 2.65. The highest BCUT2D eigenvalue weighted by atomic mass is 16.6. The van der Waals surface area contributed by atoms with Gasteiger partial charge >= 0.3 is 18.0 Å². The second kappa shape index (κ2) is 7.47. The fraction of sp³-hybridized carbons (Fsp3) is 0.800. The van der Waals surface area contributed by atoms with Crippen molar-refractivity contribution in [3.63, 3.8) is 0 Å². The van der Waals surface area contributed by atoms with E-state index in [4.69, 9.17) is 14.6 Å². The first-order valence-electron chi connectivity index (χ1n) is 7.45. The van der Waals surface area contributed by atoms with Gasteiger partial charge in [0.1, 0.15) is 11.6 Å². The van der Waals surface area contributed by atoms with Crippen molar-refractivity contribution in [2.45, 2.75) is 58.1 Å². The van der Waals surface area contributed by atoms with Crippen molar-refractivity contribution >= 4 is 18.0 Å². The summed E-state index contributed by atoms with van der Waals surface area (Å²) in [6.45, 7) is 5.66. The number of methoxy groups -OCH3 is 1. The van der Waals surface area contributed by atoms with Gasteiger partial charge in [-0.2, -0.15) is 0 Å². The molecule has 0 aliphatic carbocycles. The van der Waals surface area contributed by atoms with Gasteiger partial charge in [0.05, 0.1) is 7.11 Å². The first-order valence-corrected chi connectivity index (χ1v) is 7.45. The molecule has 1 fully saturated rings. The lowest BCUT2D eigenvalue weighted by Crippen LogP contribution is -2.54. The summed E-state index contributed by atoms with van der Waals surface area (Å²) >= 11 is 0. The zero-order valence-corrected chi connectivity index (χ0v) is 13.6. The zero-order chi connectivity index (χ0) is 16.9. The zero-order valence-electron chi connectivity index (χ0n) is 13.6. The molecule has 126 valence electrons. The van der Waals surface area contributed by atoms with Crippen LogP contribution in [0.15, 0.2) is 0 Å². The average Bonchev–Trinajstić information content (AvgIpc) is 2.41. The number of hydrogen-bond donors (Lipinski definition) is 1. The number of aliphatic carboxylic acids is 1. The lowest BCUT2D eigenvalue weighted by molar-refractivity contribution is -0.151. The van der Waals surface area contributed by atoms with E-state index < -0.39 is 29.7 Å². The number of rotatable bonds is 4. The molecule has 1 aliphatic rings. The van der Waals surface area contributed by atoms with E-state index in [-0.39, 0.29) is 12.3 Å². The largest absolute Gasteiger partial charge is 0.481 e. The van der Waals surface area contributed by atoms with Crippen molar-refractivity contribution in [2.75, 3.05) is 13.7 Å². The van der Waals surface area contributed by atoms with Gasteiger partial charge in [-0.15, -0.1) is 0 Å². The number of amides is 1. The molecule has 0 saturated carbocycles. The maximum absolute atomic E-state index is 12.3. The van der Waals surface area contributed by atoms with Crippen LogP contribution < -0.4 is 0 Å². The van der Waals surface area contributed by atoms with Crippen LogP contribution >= 0.6 is 0 Å². The molecule has 0 radical (unpaired) electrons. The van der Waals surface area contributed by atoms with Gasteiger partial charge in [0.2, 0.25) is 0 Å². The van der Waals surface area contributed by atoms with Gasteiger partial charge in [-0.25, -0.2) is 9.59 Å². The molecule has 0 aromatic carbocycles. The van der Waals surface area contributed by atoms with Gasteiger partial charge in [0.25, 0.3) is 0 Å². The lowest BCUT2D eigenvalue weighted by atomic mass is 9.85. The molecule has 0 bridgehead atoms. The summed E-state index contributed by atoms with van der Waals surface area (Å²) in [5.41, 5.74) is -0.661. The van der Waals surface area contributed by atoms with E-state index in [1.54, 1.807) is 20.8 Å². The highest BCUT2D eigenvalue weighted by molar-refractivity contribution is 5.82. The minimum Gasteiger partial charge on any atom is -0.481 e. The summed E-state index contributed by atoms with van der Waals surface area (Å²) in [7, 11) is 1.26. The number of carboxylic acids is 1. The molecule has 1 saturated heterocycles. The topological polar surface area (TPSA) is 93.1 Å². The number of piperidine rings is 1. The minimum absolute atomic E-state index is 0.0413. The van der Waals surface area contributed by atoms with Crippen LogP contribution in [0.3, 0.4) is 0 Å². The Labute approximate surface area is 130 Å². The molecule has 2 atom stereocenters. The van der Waals surface area contributed by atoms with Gasteiger partial charge in [-0.3, -0.25) is 9.69 Å². The van der Waals surface area contributed by atoms with E-state index in [1.807, 2.05) is 0 Å². The van der Waals surface area contributed by atoms with Crippen molar-refractivity contribution in [1.82, 2.24) is 4.90 Å². The summed E-state index contributed by atoms with van der Waals surface area (Å²) in [5.74, 6) is -1.68. The Morgan fingerprint density at radius 1 is 1.27 bits per heavy atom. The highest BCUT2D eigenvalue weighted by Crippen LogP contribution is 2.29. The summed E-state index contributed by atoms with van der Waals surface area (Å²) in [6, 6.07) is -0.784. The Balaban J connectivity index is 2.90. The Morgan fingerprint density at radius 2 is 1.91 bits per heavy atom. The third-order valence-corrected chi connectivity index (χ3v) is 3.56. The maximum atomic E-state index is 12.3. The monoisotopic (exact) mass is 315 g/mol. The summed E-state index contributed by atoms with van der Waals surface area (Å²) in [5, 5.41) is 8.83. The molecule has 1 aliphatic heterocycles. The maximum Gasteiger partial charge on any atom is 0.411 e. The third kappa shape index (κ3) is 5.20. The van der Waals surface area contributed by atoms with Crippen LogP contribution in [0.4, 0.5) is 4.79 Å². The molecule has 1 heterocycles. The van der Waals surface area contributed by atoms with Gasteiger partial charge < -0.3 is 14.6 Å². The molecule has 0 aromatic heterocycles. The van der Waals surface area contributed by atoms with Crippen molar-refractivity contribution in [3.8, 4) is 0 Å². The van der Waals surface area contributed by atoms with Crippen LogP contribution in [-0.4, -0.2) is 53.3 Å².